The van der Waals surface area contributed by atoms with Crippen molar-refractivity contribution >= 4 is 11.9 Å². The molecule has 0 aliphatic heterocycles. The van der Waals surface area contributed by atoms with Gasteiger partial charge in [-0.2, -0.15) is 0 Å². The van der Waals surface area contributed by atoms with Crippen LogP contribution in [0, 0.1) is 0 Å². The van der Waals surface area contributed by atoms with Gasteiger partial charge >= 0.3 is 5.97 Å². The Kier molecular flexibility index (Phi) is 8.26. The number of hydrogen-bond acceptors (Lipinski definition) is 5. The molecule has 3 aromatic rings. The Hall–Kier alpha value is -3.80. The van der Waals surface area contributed by atoms with Crippen LogP contribution >= 0.6 is 0 Å². The molecule has 1 amide bonds. The zero-order valence-corrected chi connectivity index (χ0v) is 18.2. The largest absolute Gasteiger partial charge is 0.490 e. The molecule has 0 aliphatic carbocycles. The quantitative estimate of drug-likeness (QED) is 0.475. The van der Waals surface area contributed by atoms with Gasteiger partial charge in [-0.3, -0.25) is 4.79 Å². The van der Waals surface area contributed by atoms with Crippen molar-refractivity contribution in [1.82, 2.24) is 5.32 Å². The van der Waals surface area contributed by atoms with Crippen molar-refractivity contribution in [1.29, 1.82) is 0 Å². The third-order valence-electron chi connectivity index (χ3n) is 4.68. The van der Waals surface area contributed by atoms with E-state index in [-0.39, 0.29) is 11.6 Å². The third-order valence-corrected chi connectivity index (χ3v) is 4.68. The van der Waals surface area contributed by atoms with Crippen molar-refractivity contribution in [3.05, 3.63) is 95.6 Å². The van der Waals surface area contributed by atoms with Crippen LogP contribution in [-0.4, -0.2) is 31.7 Å². The molecule has 0 atom stereocenters. The SMILES string of the molecule is CCOc1ccc(C(=O)OCC(=O)NC(c2ccccc2)c2ccccc2)cc1OCC. The first kappa shape index (κ1) is 22.9. The van der Waals surface area contributed by atoms with E-state index in [2.05, 4.69) is 5.32 Å². The highest BCUT2D eigenvalue weighted by atomic mass is 16.5. The number of rotatable bonds is 10. The van der Waals surface area contributed by atoms with Gasteiger partial charge < -0.3 is 19.5 Å². The Morgan fingerprint density at radius 1 is 0.781 bits per heavy atom. The molecule has 0 radical (unpaired) electrons. The second-order valence-corrected chi connectivity index (χ2v) is 6.93. The van der Waals surface area contributed by atoms with Gasteiger partial charge in [0.25, 0.3) is 5.91 Å². The first-order valence-corrected chi connectivity index (χ1v) is 10.6. The highest BCUT2D eigenvalue weighted by Gasteiger charge is 2.19. The van der Waals surface area contributed by atoms with Crippen LogP contribution in [0.15, 0.2) is 78.9 Å². The molecule has 0 saturated heterocycles. The molecule has 6 heteroatoms. The van der Waals surface area contributed by atoms with Gasteiger partial charge in [0, 0.05) is 0 Å². The van der Waals surface area contributed by atoms with Crippen LogP contribution in [0.3, 0.4) is 0 Å². The molecule has 3 rings (SSSR count). The highest BCUT2D eigenvalue weighted by Crippen LogP contribution is 2.29. The number of ether oxygens (including phenoxy) is 3. The summed E-state index contributed by atoms with van der Waals surface area (Å²) < 4.78 is 16.3. The lowest BCUT2D eigenvalue weighted by molar-refractivity contribution is -0.124. The summed E-state index contributed by atoms with van der Waals surface area (Å²) in [6.45, 7) is 4.23. The Labute approximate surface area is 188 Å². The molecule has 0 fully saturated rings. The molecule has 0 heterocycles. The predicted molar refractivity (Wildman–Crippen MR) is 122 cm³/mol. The molecule has 0 spiro atoms. The third kappa shape index (κ3) is 6.11. The zero-order chi connectivity index (χ0) is 22.8. The van der Waals surface area contributed by atoms with Gasteiger partial charge in [-0.25, -0.2) is 4.79 Å². The van der Waals surface area contributed by atoms with E-state index in [0.717, 1.165) is 11.1 Å². The number of hydrogen-bond donors (Lipinski definition) is 1. The van der Waals surface area contributed by atoms with E-state index < -0.39 is 18.5 Å². The van der Waals surface area contributed by atoms with Gasteiger partial charge in [0.05, 0.1) is 24.8 Å². The molecule has 0 unspecified atom stereocenters. The van der Waals surface area contributed by atoms with Crippen LogP contribution < -0.4 is 14.8 Å². The second-order valence-electron chi connectivity index (χ2n) is 6.93. The minimum Gasteiger partial charge on any atom is -0.490 e. The standard InChI is InChI=1S/C26H27NO5/c1-3-30-22-16-15-21(17-23(22)31-4-2)26(29)32-18-24(28)27-25(19-11-7-5-8-12-19)20-13-9-6-10-14-20/h5-17,25H,3-4,18H2,1-2H3,(H,27,28). The Morgan fingerprint density at radius 2 is 1.34 bits per heavy atom. The molecule has 166 valence electrons. The first-order chi connectivity index (χ1) is 15.6. The van der Waals surface area contributed by atoms with Crippen LogP contribution in [0.25, 0.3) is 0 Å². The van der Waals surface area contributed by atoms with Crippen LogP contribution in [0.4, 0.5) is 0 Å². The predicted octanol–water partition coefficient (Wildman–Crippen LogP) is 4.55. The van der Waals surface area contributed by atoms with E-state index in [4.69, 9.17) is 14.2 Å². The Morgan fingerprint density at radius 3 is 1.91 bits per heavy atom. The van der Waals surface area contributed by atoms with E-state index in [1.165, 1.54) is 0 Å². The highest BCUT2D eigenvalue weighted by molar-refractivity contribution is 5.92. The molecule has 6 nitrogen and oxygen atoms in total. The second kappa shape index (κ2) is 11.6. The summed E-state index contributed by atoms with van der Waals surface area (Å²) in [5.41, 5.74) is 2.16. The van der Waals surface area contributed by atoms with Crippen molar-refractivity contribution in [3.63, 3.8) is 0 Å². The zero-order valence-electron chi connectivity index (χ0n) is 18.2. The minimum atomic E-state index is -0.611. The van der Waals surface area contributed by atoms with Crippen molar-refractivity contribution < 1.29 is 23.8 Å². The van der Waals surface area contributed by atoms with Crippen LogP contribution in [0.1, 0.15) is 41.4 Å². The number of esters is 1. The first-order valence-electron chi connectivity index (χ1n) is 10.6. The summed E-state index contributed by atoms with van der Waals surface area (Å²) >= 11 is 0. The number of carbonyl (C=O) groups is 2. The number of amides is 1. The fourth-order valence-electron chi connectivity index (χ4n) is 3.25. The van der Waals surface area contributed by atoms with Crippen molar-refractivity contribution in [2.45, 2.75) is 19.9 Å². The maximum atomic E-state index is 12.6. The molecular weight excluding hydrogens is 406 g/mol. The van der Waals surface area contributed by atoms with Crippen molar-refractivity contribution in [2.75, 3.05) is 19.8 Å². The lowest BCUT2D eigenvalue weighted by Crippen LogP contribution is -2.33. The monoisotopic (exact) mass is 433 g/mol. The normalized spacial score (nSPS) is 10.5. The number of benzene rings is 3. The summed E-state index contributed by atoms with van der Waals surface area (Å²) in [4.78, 5) is 25.1. The molecule has 0 aromatic heterocycles. The Bertz CT molecular complexity index is 981. The van der Waals surface area contributed by atoms with E-state index >= 15 is 0 Å². The van der Waals surface area contributed by atoms with Crippen LogP contribution in [0.5, 0.6) is 11.5 Å². The molecule has 1 N–H and O–H groups in total. The van der Waals surface area contributed by atoms with Gasteiger partial charge in [0.2, 0.25) is 0 Å². The van der Waals surface area contributed by atoms with E-state index in [9.17, 15) is 9.59 Å². The fraction of sp³-hybridized carbons (Fsp3) is 0.231. The van der Waals surface area contributed by atoms with Gasteiger partial charge in [-0.1, -0.05) is 60.7 Å². The number of nitrogens with one attached hydrogen (secondary N) is 1. The van der Waals surface area contributed by atoms with Gasteiger partial charge in [0.1, 0.15) is 0 Å². The van der Waals surface area contributed by atoms with Crippen LogP contribution in [-0.2, 0) is 9.53 Å². The van der Waals surface area contributed by atoms with Crippen LogP contribution in [0.2, 0.25) is 0 Å². The lowest BCUT2D eigenvalue weighted by Gasteiger charge is -2.20. The summed E-state index contributed by atoms with van der Waals surface area (Å²) in [7, 11) is 0. The summed E-state index contributed by atoms with van der Waals surface area (Å²) in [5.74, 6) is 0.00539. The summed E-state index contributed by atoms with van der Waals surface area (Å²) in [6, 6.07) is 23.7. The maximum absolute atomic E-state index is 12.6. The van der Waals surface area contributed by atoms with Crippen molar-refractivity contribution in [2.24, 2.45) is 0 Å². The van der Waals surface area contributed by atoms with E-state index in [0.29, 0.717) is 24.7 Å². The molecule has 0 saturated carbocycles. The van der Waals surface area contributed by atoms with E-state index in [1.807, 2.05) is 74.5 Å². The Balaban J connectivity index is 1.66. The molecular formula is C26H27NO5. The average molecular weight is 434 g/mol. The molecule has 32 heavy (non-hydrogen) atoms. The van der Waals surface area contributed by atoms with Crippen molar-refractivity contribution in [3.8, 4) is 11.5 Å². The molecule has 0 bridgehead atoms. The average Bonchev–Trinajstić information content (AvgIpc) is 2.83. The maximum Gasteiger partial charge on any atom is 0.338 e. The summed E-state index contributed by atoms with van der Waals surface area (Å²) in [6.07, 6.45) is 0. The van der Waals surface area contributed by atoms with Gasteiger partial charge in [0.15, 0.2) is 18.1 Å². The fourth-order valence-corrected chi connectivity index (χ4v) is 3.25. The lowest BCUT2D eigenvalue weighted by atomic mass is 9.99. The molecule has 0 aliphatic rings. The smallest absolute Gasteiger partial charge is 0.338 e. The topological polar surface area (TPSA) is 73.9 Å². The molecule has 3 aromatic carbocycles. The van der Waals surface area contributed by atoms with E-state index in [1.54, 1.807) is 18.2 Å². The minimum absolute atomic E-state index is 0.285. The number of carbonyl (C=O) groups excluding carboxylic acids is 2. The van der Waals surface area contributed by atoms with Gasteiger partial charge in [-0.05, 0) is 43.2 Å². The summed E-state index contributed by atoms with van der Waals surface area (Å²) in [5, 5.41) is 2.95. The van der Waals surface area contributed by atoms with Gasteiger partial charge in [-0.15, -0.1) is 0 Å².